The van der Waals surface area contributed by atoms with E-state index in [-0.39, 0.29) is 0 Å². The van der Waals surface area contributed by atoms with Crippen molar-refractivity contribution in [3.05, 3.63) is 24.5 Å². The predicted molar refractivity (Wildman–Crippen MR) is 49.4 cm³/mol. The van der Waals surface area contributed by atoms with E-state index in [1.807, 2.05) is 0 Å². The summed E-state index contributed by atoms with van der Waals surface area (Å²) in [4.78, 5) is 3.97. The van der Waals surface area contributed by atoms with Crippen molar-refractivity contribution in [3.8, 4) is 0 Å². The maximum atomic E-state index is 8.88. The highest BCUT2D eigenvalue weighted by molar-refractivity contribution is 6.58. The van der Waals surface area contributed by atoms with Crippen LogP contribution in [0.15, 0.2) is 24.5 Å². The molecule has 0 aliphatic carbocycles. The first-order valence-corrected chi connectivity index (χ1v) is 3.77. The largest absolute Gasteiger partial charge is 0.488 e. The topological polar surface area (TPSA) is 83.8 Å². The van der Waals surface area contributed by atoms with Gasteiger partial charge in [0.2, 0.25) is 0 Å². The summed E-state index contributed by atoms with van der Waals surface area (Å²) in [7, 11) is -1.47. The highest BCUT2D eigenvalue weighted by Crippen LogP contribution is 2.03. The van der Waals surface area contributed by atoms with Gasteiger partial charge in [0, 0.05) is 6.20 Å². The molecule has 66 valence electrons. The molecule has 4 N–H and O–H groups in total. The average molecular weight is 177 g/mol. The summed E-state index contributed by atoms with van der Waals surface area (Å²) in [5, 5.41) is 17.8. The van der Waals surface area contributed by atoms with Crippen molar-refractivity contribution in [2.45, 2.75) is 0 Å². The lowest BCUT2D eigenvalue weighted by Crippen LogP contribution is -2.29. The minimum Gasteiger partial charge on any atom is -0.423 e. The van der Waals surface area contributed by atoms with Crippen LogP contribution in [0.3, 0.4) is 0 Å². The zero-order chi connectivity index (χ0) is 9.42. The Kier molecular flexibility index (Phi) is 1.71. The van der Waals surface area contributed by atoms with Crippen molar-refractivity contribution in [3.63, 3.8) is 0 Å². The van der Waals surface area contributed by atoms with Crippen molar-refractivity contribution in [1.82, 2.24) is 9.38 Å². The Balaban J connectivity index is 2.61. The molecule has 0 aliphatic heterocycles. The molecule has 0 saturated carbocycles. The quantitative estimate of drug-likeness (QED) is 0.467. The summed E-state index contributed by atoms with van der Waals surface area (Å²) >= 11 is 0. The van der Waals surface area contributed by atoms with Gasteiger partial charge >= 0.3 is 7.12 Å². The highest BCUT2D eigenvalue weighted by Gasteiger charge is 2.11. The van der Waals surface area contributed by atoms with Crippen LogP contribution < -0.4 is 11.2 Å². The molecule has 0 spiro atoms. The lowest BCUT2D eigenvalue weighted by molar-refractivity contribution is 0.426. The number of pyridine rings is 1. The highest BCUT2D eigenvalue weighted by atomic mass is 16.4. The number of nitrogen functional groups attached to an aromatic ring is 1. The number of fused-ring (bicyclic) bond motifs is 1. The third kappa shape index (κ3) is 1.37. The van der Waals surface area contributed by atoms with Gasteiger partial charge in [0.05, 0.1) is 6.20 Å². The molecule has 0 saturated heterocycles. The first kappa shape index (κ1) is 8.09. The van der Waals surface area contributed by atoms with E-state index in [1.165, 1.54) is 0 Å². The first-order valence-electron chi connectivity index (χ1n) is 3.77. The molecule has 2 heterocycles. The van der Waals surface area contributed by atoms with Crippen molar-refractivity contribution in [2.24, 2.45) is 0 Å². The first-order chi connectivity index (χ1) is 6.16. The number of imidazole rings is 1. The maximum Gasteiger partial charge on any atom is 0.488 e. The van der Waals surface area contributed by atoms with Gasteiger partial charge in [-0.15, -0.1) is 0 Å². The van der Waals surface area contributed by atoms with Gasteiger partial charge in [0.1, 0.15) is 11.5 Å². The molecule has 0 amide bonds. The fourth-order valence-corrected chi connectivity index (χ4v) is 1.18. The predicted octanol–water partition coefficient (Wildman–Crippen LogP) is -1.40. The molecule has 0 fully saturated rings. The Labute approximate surface area is 74.6 Å². The van der Waals surface area contributed by atoms with Crippen LogP contribution >= 0.6 is 0 Å². The molecular formula is C7H8BN3O2. The smallest absolute Gasteiger partial charge is 0.423 e. The molecule has 0 aromatic carbocycles. The number of aromatic nitrogens is 2. The van der Waals surface area contributed by atoms with Gasteiger partial charge in [-0.3, -0.25) is 0 Å². The van der Waals surface area contributed by atoms with E-state index in [1.54, 1.807) is 28.9 Å². The van der Waals surface area contributed by atoms with Gasteiger partial charge in [-0.2, -0.15) is 0 Å². The van der Waals surface area contributed by atoms with Crippen molar-refractivity contribution < 1.29 is 10.0 Å². The Morgan fingerprint density at radius 3 is 2.92 bits per heavy atom. The van der Waals surface area contributed by atoms with Crippen molar-refractivity contribution in [2.75, 3.05) is 5.73 Å². The van der Waals surface area contributed by atoms with E-state index in [9.17, 15) is 0 Å². The van der Waals surface area contributed by atoms with Crippen LogP contribution in [-0.2, 0) is 0 Å². The summed E-state index contributed by atoms with van der Waals surface area (Å²) in [6.07, 6.45) is 3.33. The Morgan fingerprint density at radius 1 is 1.46 bits per heavy atom. The van der Waals surface area contributed by atoms with Crippen LogP contribution in [0.4, 0.5) is 5.82 Å². The van der Waals surface area contributed by atoms with Crippen LogP contribution in [-0.4, -0.2) is 26.6 Å². The number of anilines is 1. The molecular weight excluding hydrogens is 169 g/mol. The third-order valence-corrected chi connectivity index (χ3v) is 1.80. The molecule has 0 aliphatic rings. The van der Waals surface area contributed by atoms with Crippen LogP contribution in [0.25, 0.3) is 5.65 Å². The molecule has 6 heteroatoms. The maximum absolute atomic E-state index is 8.88. The van der Waals surface area contributed by atoms with Gasteiger partial charge in [0.15, 0.2) is 0 Å². The number of rotatable bonds is 1. The summed E-state index contributed by atoms with van der Waals surface area (Å²) in [5.74, 6) is 0.407. The van der Waals surface area contributed by atoms with Gasteiger partial charge in [-0.05, 0) is 17.6 Å². The van der Waals surface area contributed by atoms with Crippen LogP contribution in [0.1, 0.15) is 0 Å². The standard InChI is InChI=1S/C7H8BN3O2/c9-6-4-11-2-1-5(8(12)13)3-7(11)10-6/h1-4,12-13H,9H2. The zero-order valence-electron chi connectivity index (χ0n) is 6.75. The Morgan fingerprint density at radius 2 is 2.23 bits per heavy atom. The summed E-state index contributed by atoms with van der Waals surface area (Å²) in [6.45, 7) is 0. The lowest BCUT2D eigenvalue weighted by Gasteiger charge is -1.98. The second-order valence-corrected chi connectivity index (χ2v) is 2.76. The summed E-state index contributed by atoms with van der Waals surface area (Å²) in [6, 6.07) is 3.17. The summed E-state index contributed by atoms with van der Waals surface area (Å²) < 4.78 is 1.71. The molecule has 0 bridgehead atoms. The van der Waals surface area contributed by atoms with Crippen LogP contribution in [0, 0.1) is 0 Å². The third-order valence-electron chi connectivity index (χ3n) is 1.80. The molecule has 5 nitrogen and oxygen atoms in total. The Hall–Kier alpha value is -1.53. The van der Waals surface area contributed by atoms with E-state index in [2.05, 4.69) is 4.98 Å². The second kappa shape index (κ2) is 2.76. The van der Waals surface area contributed by atoms with Gasteiger partial charge in [0.25, 0.3) is 0 Å². The molecule has 2 aromatic rings. The van der Waals surface area contributed by atoms with Crippen LogP contribution in [0.5, 0.6) is 0 Å². The Bertz CT molecular complexity index is 440. The van der Waals surface area contributed by atoms with E-state index < -0.39 is 7.12 Å². The fourth-order valence-electron chi connectivity index (χ4n) is 1.18. The molecule has 13 heavy (non-hydrogen) atoms. The normalized spacial score (nSPS) is 10.6. The molecule has 0 atom stereocenters. The summed E-state index contributed by atoms with van der Waals surface area (Å²) in [5.41, 5.74) is 6.46. The van der Waals surface area contributed by atoms with Crippen molar-refractivity contribution in [1.29, 1.82) is 0 Å². The second-order valence-electron chi connectivity index (χ2n) is 2.76. The van der Waals surface area contributed by atoms with E-state index in [0.29, 0.717) is 16.9 Å². The lowest BCUT2D eigenvalue weighted by atomic mass is 9.81. The van der Waals surface area contributed by atoms with Gasteiger partial charge in [-0.1, -0.05) is 0 Å². The molecule has 2 aromatic heterocycles. The van der Waals surface area contributed by atoms with E-state index >= 15 is 0 Å². The number of hydrogen-bond acceptors (Lipinski definition) is 4. The van der Waals surface area contributed by atoms with Crippen LogP contribution in [0.2, 0.25) is 0 Å². The van der Waals surface area contributed by atoms with Crippen molar-refractivity contribution >= 4 is 24.0 Å². The molecule has 0 radical (unpaired) electrons. The monoisotopic (exact) mass is 177 g/mol. The zero-order valence-corrected chi connectivity index (χ0v) is 6.75. The SMILES string of the molecule is Nc1cn2ccc(B(O)O)cc2n1. The fraction of sp³-hybridized carbons (Fsp3) is 0. The average Bonchev–Trinajstić information content (AvgIpc) is 2.42. The molecule has 0 unspecified atom stereocenters. The van der Waals surface area contributed by atoms with E-state index in [0.717, 1.165) is 0 Å². The van der Waals surface area contributed by atoms with Gasteiger partial charge < -0.3 is 20.2 Å². The number of hydrogen-bond donors (Lipinski definition) is 3. The minimum absolute atomic E-state index is 0.401. The number of nitrogens with two attached hydrogens (primary N) is 1. The van der Waals surface area contributed by atoms with Gasteiger partial charge in [-0.25, -0.2) is 4.98 Å². The van der Waals surface area contributed by atoms with E-state index in [4.69, 9.17) is 15.8 Å². The molecule has 2 rings (SSSR count). The minimum atomic E-state index is -1.47. The number of nitrogens with zero attached hydrogens (tertiary/aromatic N) is 2.